The van der Waals surface area contributed by atoms with Crippen molar-refractivity contribution >= 4 is 22.8 Å². The minimum atomic E-state index is -0.646. The summed E-state index contributed by atoms with van der Waals surface area (Å²) in [5.74, 6) is 0.270. The molecule has 134 valence electrons. The lowest BCUT2D eigenvalue weighted by Crippen LogP contribution is -2.46. The maximum Gasteiger partial charge on any atom is 0.329 e. The highest BCUT2D eigenvalue weighted by Gasteiger charge is 2.32. The number of nitrogens with one attached hydrogen (secondary N) is 4. The van der Waals surface area contributed by atoms with Gasteiger partial charge in [-0.1, -0.05) is 31.5 Å². The number of fused-ring (bicyclic) bond motifs is 2. The molecule has 0 saturated carbocycles. The summed E-state index contributed by atoms with van der Waals surface area (Å²) in [6.45, 7) is 2.44. The molecule has 1 aromatic carbocycles. The van der Waals surface area contributed by atoms with E-state index in [-0.39, 0.29) is 5.82 Å². The average Bonchev–Trinajstić information content (AvgIpc) is 3.04. The van der Waals surface area contributed by atoms with Crippen LogP contribution in [0.15, 0.2) is 40.1 Å². The number of amides is 2. The molecule has 0 radical (unpaired) electrons. The third-order valence-electron chi connectivity index (χ3n) is 4.70. The molecule has 8 heteroatoms. The second-order valence-electron chi connectivity index (χ2n) is 6.35. The van der Waals surface area contributed by atoms with Gasteiger partial charge in [0, 0.05) is 29.2 Å². The zero-order chi connectivity index (χ0) is 18.3. The highest BCUT2D eigenvalue weighted by molar-refractivity contribution is 5.94. The number of urea groups is 1. The van der Waals surface area contributed by atoms with E-state index in [1.165, 1.54) is 4.57 Å². The molecule has 0 saturated heterocycles. The molecular weight excluding hydrogens is 334 g/mol. The first kappa shape index (κ1) is 16.2. The molecule has 26 heavy (non-hydrogen) atoms. The predicted molar refractivity (Wildman–Crippen MR) is 98.5 cm³/mol. The molecular formula is C18H19N5O3. The van der Waals surface area contributed by atoms with Crippen molar-refractivity contribution in [1.82, 2.24) is 19.9 Å². The number of nitrogens with zero attached hydrogens (tertiary/aromatic N) is 1. The van der Waals surface area contributed by atoms with Gasteiger partial charge in [0.25, 0.3) is 5.56 Å². The van der Waals surface area contributed by atoms with Gasteiger partial charge in [0.05, 0.1) is 11.6 Å². The molecule has 2 amide bonds. The molecule has 1 unspecified atom stereocenters. The van der Waals surface area contributed by atoms with E-state index in [2.05, 4.69) is 20.6 Å². The monoisotopic (exact) mass is 353 g/mol. The van der Waals surface area contributed by atoms with E-state index in [4.69, 9.17) is 0 Å². The zero-order valence-electron chi connectivity index (χ0n) is 14.3. The molecule has 3 aromatic rings. The molecule has 1 atom stereocenters. The van der Waals surface area contributed by atoms with Gasteiger partial charge in [-0.15, -0.1) is 0 Å². The molecule has 4 N–H and O–H groups in total. The van der Waals surface area contributed by atoms with Crippen LogP contribution < -0.4 is 21.9 Å². The van der Waals surface area contributed by atoms with E-state index in [0.29, 0.717) is 12.1 Å². The first-order valence-electron chi connectivity index (χ1n) is 8.60. The van der Waals surface area contributed by atoms with Gasteiger partial charge >= 0.3 is 11.7 Å². The standard InChI is InChI=1S/C18H19N5O3/c1-2-3-8-23-15-13(16(24)22-18(23)26)14(20-17(25)21-15)11-9-19-12-7-5-4-6-10(11)12/h4-7,9,14,19H,2-3,8H2,1H3,(H2,20,21,25)(H,22,24,26). The Morgan fingerprint density at radius 3 is 2.77 bits per heavy atom. The molecule has 0 bridgehead atoms. The Hall–Kier alpha value is -3.29. The van der Waals surface area contributed by atoms with Gasteiger partial charge in [-0.2, -0.15) is 0 Å². The molecule has 1 aliphatic rings. The first-order valence-corrected chi connectivity index (χ1v) is 8.60. The van der Waals surface area contributed by atoms with Crippen molar-refractivity contribution in [2.24, 2.45) is 0 Å². The van der Waals surface area contributed by atoms with Crippen molar-refractivity contribution in [3.63, 3.8) is 0 Å². The topological polar surface area (TPSA) is 112 Å². The van der Waals surface area contributed by atoms with Crippen molar-refractivity contribution in [3.8, 4) is 0 Å². The minimum Gasteiger partial charge on any atom is -0.361 e. The summed E-state index contributed by atoms with van der Waals surface area (Å²) in [7, 11) is 0. The lowest BCUT2D eigenvalue weighted by atomic mass is 9.98. The normalized spacial score (nSPS) is 16.2. The molecule has 3 heterocycles. The van der Waals surface area contributed by atoms with Crippen LogP contribution in [0.4, 0.5) is 10.6 Å². The third kappa shape index (κ3) is 2.50. The number of H-pyrrole nitrogens is 2. The van der Waals surface area contributed by atoms with Crippen LogP contribution in [0.1, 0.15) is 36.9 Å². The molecule has 0 spiro atoms. The number of rotatable bonds is 4. The molecule has 8 nitrogen and oxygen atoms in total. The van der Waals surface area contributed by atoms with E-state index in [0.717, 1.165) is 29.3 Å². The van der Waals surface area contributed by atoms with Crippen LogP contribution in [0.3, 0.4) is 0 Å². The van der Waals surface area contributed by atoms with Gasteiger partial charge in [-0.3, -0.25) is 19.7 Å². The summed E-state index contributed by atoms with van der Waals surface area (Å²) in [5, 5.41) is 6.36. The highest BCUT2D eigenvalue weighted by atomic mass is 16.2. The van der Waals surface area contributed by atoms with Gasteiger partial charge in [0.15, 0.2) is 0 Å². The van der Waals surface area contributed by atoms with Crippen LogP contribution in [0.25, 0.3) is 10.9 Å². The molecule has 2 aromatic heterocycles. The predicted octanol–water partition coefficient (Wildman–Crippen LogP) is 2.04. The van der Waals surface area contributed by atoms with E-state index >= 15 is 0 Å². The van der Waals surface area contributed by atoms with Gasteiger partial charge in [0.1, 0.15) is 5.82 Å². The quantitative estimate of drug-likeness (QED) is 0.576. The van der Waals surface area contributed by atoms with Crippen LogP contribution >= 0.6 is 0 Å². The number of unbranched alkanes of at least 4 members (excludes halogenated alkanes) is 1. The van der Waals surface area contributed by atoms with E-state index < -0.39 is 23.3 Å². The maximum absolute atomic E-state index is 12.6. The van der Waals surface area contributed by atoms with Crippen molar-refractivity contribution in [3.05, 3.63) is 62.4 Å². The lowest BCUT2D eigenvalue weighted by Gasteiger charge is -2.28. The van der Waals surface area contributed by atoms with Gasteiger partial charge in [0.2, 0.25) is 0 Å². The number of carbonyl (C=O) groups is 1. The fourth-order valence-electron chi connectivity index (χ4n) is 3.43. The number of hydrogen-bond acceptors (Lipinski definition) is 3. The van der Waals surface area contributed by atoms with Gasteiger partial charge in [-0.05, 0) is 12.5 Å². The van der Waals surface area contributed by atoms with E-state index in [1.54, 1.807) is 6.20 Å². The van der Waals surface area contributed by atoms with Crippen molar-refractivity contribution in [1.29, 1.82) is 0 Å². The largest absolute Gasteiger partial charge is 0.361 e. The van der Waals surface area contributed by atoms with Crippen molar-refractivity contribution in [2.45, 2.75) is 32.4 Å². The van der Waals surface area contributed by atoms with Gasteiger partial charge < -0.3 is 10.3 Å². The second kappa shape index (κ2) is 6.21. The maximum atomic E-state index is 12.6. The van der Waals surface area contributed by atoms with Crippen LogP contribution in [0, 0.1) is 0 Å². The Bertz CT molecular complexity index is 1110. The fourth-order valence-corrected chi connectivity index (χ4v) is 3.43. The van der Waals surface area contributed by atoms with Crippen LogP contribution in [0.5, 0.6) is 0 Å². The fraction of sp³-hybridized carbons (Fsp3) is 0.278. The number of anilines is 1. The third-order valence-corrected chi connectivity index (χ3v) is 4.70. The molecule has 4 rings (SSSR count). The average molecular weight is 353 g/mol. The summed E-state index contributed by atoms with van der Waals surface area (Å²) >= 11 is 0. The molecule has 0 aliphatic carbocycles. The second-order valence-corrected chi connectivity index (χ2v) is 6.35. The van der Waals surface area contributed by atoms with Crippen LogP contribution in [0.2, 0.25) is 0 Å². The Morgan fingerprint density at radius 2 is 1.96 bits per heavy atom. The van der Waals surface area contributed by atoms with Crippen LogP contribution in [-0.4, -0.2) is 20.6 Å². The van der Waals surface area contributed by atoms with Gasteiger partial charge in [-0.25, -0.2) is 9.59 Å². The Morgan fingerprint density at radius 1 is 1.15 bits per heavy atom. The van der Waals surface area contributed by atoms with Crippen LogP contribution in [-0.2, 0) is 6.54 Å². The number of hydrogen-bond donors (Lipinski definition) is 4. The molecule has 0 fully saturated rings. The van der Waals surface area contributed by atoms with Crippen molar-refractivity contribution in [2.75, 3.05) is 5.32 Å². The highest BCUT2D eigenvalue weighted by Crippen LogP contribution is 2.32. The molecule has 1 aliphatic heterocycles. The smallest absolute Gasteiger partial charge is 0.329 e. The Labute approximate surface area is 148 Å². The van der Waals surface area contributed by atoms with E-state index in [9.17, 15) is 14.4 Å². The zero-order valence-corrected chi connectivity index (χ0v) is 14.3. The van der Waals surface area contributed by atoms with E-state index in [1.807, 2.05) is 31.2 Å². The number of aromatic amines is 2. The number of carbonyl (C=O) groups excluding carboxylic acids is 1. The number of aromatic nitrogens is 3. The summed E-state index contributed by atoms with van der Waals surface area (Å²) in [5.41, 5.74) is 1.02. The first-order chi connectivity index (χ1) is 12.6. The van der Waals surface area contributed by atoms with Crippen molar-refractivity contribution < 1.29 is 4.79 Å². The Balaban J connectivity index is 1.95. The summed E-state index contributed by atoms with van der Waals surface area (Å²) in [4.78, 5) is 42.6. The summed E-state index contributed by atoms with van der Waals surface area (Å²) in [6.07, 6.45) is 3.43. The number of para-hydroxylation sites is 1. The lowest BCUT2D eigenvalue weighted by molar-refractivity contribution is 0.248. The summed E-state index contributed by atoms with van der Waals surface area (Å²) < 4.78 is 1.43. The summed E-state index contributed by atoms with van der Waals surface area (Å²) in [6, 6.07) is 6.57. The SMILES string of the molecule is CCCCn1c2c(c(=O)[nH]c1=O)C(c1c[nH]c3ccccc13)NC(=O)N2. The number of benzene rings is 1. The minimum absolute atomic E-state index is 0.270. The Kier molecular flexibility index (Phi) is 3.87.